The zero-order valence-electron chi connectivity index (χ0n) is 11.8. The molecule has 1 saturated carbocycles. The van der Waals surface area contributed by atoms with Gasteiger partial charge < -0.3 is 10.4 Å². The Bertz CT molecular complexity index is 500. The van der Waals surface area contributed by atoms with Crippen LogP contribution in [0.2, 0.25) is 0 Å². The van der Waals surface area contributed by atoms with Crippen molar-refractivity contribution in [3.63, 3.8) is 0 Å². The third kappa shape index (κ3) is 3.36. The van der Waals surface area contributed by atoms with E-state index < -0.39 is 17.8 Å². The number of hydrogen-bond acceptors (Lipinski definition) is 4. The smallest absolute Gasteiger partial charge is 0.307 e. The minimum atomic E-state index is -0.855. The summed E-state index contributed by atoms with van der Waals surface area (Å²) in [6, 6.07) is 0. The number of aryl methyl sites for hydroxylation is 1. The summed E-state index contributed by atoms with van der Waals surface area (Å²) in [5.41, 5.74) is 0.939. The molecule has 2 N–H and O–H groups in total. The Morgan fingerprint density at radius 3 is 2.70 bits per heavy atom. The highest BCUT2D eigenvalue weighted by Gasteiger charge is 2.41. The van der Waals surface area contributed by atoms with Crippen molar-refractivity contribution in [2.75, 3.05) is 0 Å². The van der Waals surface area contributed by atoms with E-state index in [2.05, 4.69) is 10.3 Å². The lowest BCUT2D eigenvalue weighted by atomic mass is 9.95. The number of carbonyl (C=O) groups excluding carboxylic acids is 1. The second-order valence-corrected chi connectivity index (χ2v) is 6.34. The zero-order valence-corrected chi connectivity index (χ0v) is 12.6. The van der Waals surface area contributed by atoms with Crippen LogP contribution in [0.4, 0.5) is 0 Å². The molecular weight excluding hydrogens is 276 g/mol. The molecule has 0 saturated heterocycles. The molecule has 0 radical (unpaired) electrons. The molecule has 5 nitrogen and oxygen atoms in total. The van der Waals surface area contributed by atoms with E-state index >= 15 is 0 Å². The summed E-state index contributed by atoms with van der Waals surface area (Å²) in [6.45, 7) is 4.34. The molecule has 3 unspecified atom stereocenters. The highest BCUT2D eigenvalue weighted by Crippen LogP contribution is 2.38. The van der Waals surface area contributed by atoms with Crippen LogP contribution in [-0.2, 0) is 16.1 Å². The highest BCUT2D eigenvalue weighted by atomic mass is 32.1. The second kappa shape index (κ2) is 6.35. The van der Waals surface area contributed by atoms with Gasteiger partial charge in [0.2, 0.25) is 5.91 Å². The van der Waals surface area contributed by atoms with Crippen LogP contribution in [0.3, 0.4) is 0 Å². The number of hydrogen-bond donors (Lipinski definition) is 2. The number of nitrogens with zero attached hydrogens (tertiary/aromatic N) is 1. The molecule has 0 aliphatic heterocycles. The Morgan fingerprint density at radius 2 is 2.15 bits per heavy atom. The van der Waals surface area contributed by atoms with Crippen molar-refractivity contribution < 1.29 is 14.7 Å². The van der Waals surface area contributed by atoms with Gasteiger partial charge in [-0.05, 0) is 25.7 Å². The van der Waals surface area contributed by atoms with Gasteiger partial charge in [-0.2, -0.15) is 0 Å². The van der Waals surface area contributed by atoms with Gasteiger partial charge in [0.15, 0.2) is 0 Å². The molecule has 1 amide bonds. The van der Waals surface area contributed by atoms with Crippen molar-refractivity contribution in [3.8, 4) is 0 Å². The number of carboxylic acid groups (broad SMARTS) is 1. The normalized spacial score (nSPS) is 25.6. The van der Waals surface area contributed by atoms with Gasteiger partial charge in [0.25, 0.3) is 0 Å². The molecule has 1 aliphatic carbocycles. The molecule has 2 rings (SSSR count). The lowest BCUT2D eigenvalue weighted by Gasteiger charge is -2.14. The summed E-state index contributed by atoms with van der Waals surface area (Å²) in [6.07, 6.45) is 2.22. The average Bonchev–Trinajstić information content (AvgIpc) is 3.02. The summed E-state index contributed by atoms with van der Waals surface area (Å²) in [5, 5.41) is 14.9. The lowest BCUT2D eigenvalue weighted by Crippen LogP contribution is -2.34. The maximum Gasteiger partial charge on any atom is 0.307 e. The van der Waals surface area contributed by atoms with E-state index in [1.807, 2.05) is 19.2 Å². The molecule has 0 spiro atoms. The van der Waals surface area contributed by atoms with Gasteiger partial charge in [-0.15, -0.1) is 11.3 Å². The molecule has 0 bridgehead atoms. The van der Waals surface area contributed by atoms with Gasteiger partial charge in [-0.25, -0.2) is 4.98 Å². The fourth-order valence-electron chi connectivity index (χ4n) is 2.82. The molecule has 0 aromatic carbocycles. The van der Waals surface area contributed by atoms with E-state index in [0.29, 0.717) is 25.3 Å². The number of nitrogens with one attached hydrogen (secondary N) is 1. The van der Waals surface area contributed by atoms with Gasteiger partial charge in [-0.1, -0.05) is 13.3 Å². The number of thiazole rings is 1. The number of aliphatic carboxylic acids is 1. The number of amides is 1. The van der Waals surface area contributed by atoms with E-state index in [-0.39, 0.29) is 5.91 Å². The summed E-state index contributed by atoms with van der Waals surface area (Å²) in [4.78, 5) is 27.8. The Labute approximate surface area is 122 Å². The monoisotopic (exact) mass is 296 g/mol. The van der Waals surface area contributed by atoms with Crippen LogP contribution < -0.4 is 5.32 Å². The molecule has 20 heavy (non-hydrogen) atoms. The molecule has 110 valence electrons. The van der Waals surface area contributed by atoms with Crippen LogP contribution >= 0.6 is 11.3 Å². The van der Waals surface area contributed by atoms with Crippen LogP contribution in [0.5, 0.6) is 0 Å². The van der Waals surface area contributed by atoms with E-state index in [9.17, 15) is 14.7 Å². The summed E-state index contributed by atoms with van der Waals surface area (Å²) in [7, 11) is 0. The average molecular weight is 296 g/mol. The summed E-state index contributed by atoms with van der Waals surface area (Å²) in [5.74, 6) is -1.61. The van der Waals surface area contributed by atoms with Gasteiger partial charge >= 0.3 is 5.97 Å². The highest BCUT2D eigenvalue weighted by molar-refractivity contribution is 7.09. The van der Waals surface area contributed by atoms with E-state index in [1.54, 1.807) is 0 Å². The van der Waals surface area contributed by atoms with Gasteiger partial charge in [0.1, 0.15) is 5.01 Å². The molecule has 1 aromatic rings. The van der Waals surface area contributed by atoms with Crippen molar-refractivity contribution in [2.24, 2.45) is 17.8 Å². The number of aromatic nitrogens is 1. The Balaban J connectivity index is 1.95. The summed E-state index contributed by atoms with van der Waals surface area (Å²) < 4.78 is 0. The predicted molar refractivity (Wildman–Crippen MR) is 76.3 cm³/mol. The largest absolute Gasteiger partial charge is 0.481 e. The minimum absolute atomic E-state index is 0.152. The van der Waals surface area contributed by atoms with Crippen molar-refractivity contribution in [1.82, 2.24) is 10.3 Å². The third-order valence-electron chi connectivity index (χ3n) is 3.97. The van der Waals surface area contributed by atoms with Crippen LogP contribution in [-0.4, -0.2) is 22.0 Å². The van der Waals surface area contributed by atoms with Crippen molar-refractivity contribution in [2.45, 2.75) is 39.7 Å². The lowest BCUT2D eigenvalue weighted by molar-refractivity contribution is -0.146. The molecule has 6 heteroatoms. The van der Waals surface area contributed by atoms with Crippen molar-refractivity contribution in [3.05, 3.63) is 16.1 Å². The number of carbonyl (C=O) groups is 2. The molecular formula is C14H20N2O3S. The van der Waals surface area contributed by atoms with Crippen LogP contribution in [0.15, 0.2) is 5.38 Å². The van der Waals surface area contributed by atoms with Crippen LogP contribution in [0.25, 0.3) is 0 Å². The van der Waals surface area contributed by atoms with Gasteiger partial charge in [-0.3, -0.25) is 9.59 Å². The topological polar surface area (TPSA) is 79.3 Å². The number of carboxylic acids is 1. The molecule has 1 fully saturated rings. The number of rotatable bonds is 5. The second-order valence-electron chi connectivity index (χ2n) is 5.40. The van der Waals surface area contributed by atoms with E-state index in [0.717, 1.165) is 17.1 Å². The maximum atomic E-state index is 12.2. The maximum absolute atomic E-state index is 12.2. The molecule has 3 atom stereocenters. The predicted octanol–water partition coefficient (Wildman–Crippen LogP) is 2.20. The van der Waals surface area contributed by atoms with Gasteiger partial charge in [0, 0.05) is 11.1 Å². The first-order chi connectivity index (χ1) is 9.51. The van der Waals surface area contributed by atoms with E-state index in [1.165, 1.54) is 11.3 Å². The Kier molecular flexibility index (Phi) is 4.75. The quantitative estimate of drug-likeness (QED) is 0.873. The molecule has 1 aromatic heterocycles. The van der Waals surface area contributed by atoms with Crippen LogP contribution in [0.1, 0.15) is 36.9 Å². The van der Waals surface area contributed by atoms with Crippen molar-refractivity contribution >= 4 is 23.2 Å². The Hall–Kier alpha value is -1.43. The molecule has 1 heterocycles. The Morgan fingerprint density at radius 1 is 1.45 bits per heavy atom. The SMILES string of the molecule is CCC1CC(C(=O)O)C(C(=O)NCc2nc(C)cs2)C1. The fourth-order valence-corrected chi connectivity index (χ4v) is 3.53. The first-order valence-electron chi connectivity index (χ1n) is 6.92. The third-order valence-corrected chi connectivity index (χ3v) is 4.94. The van der Waals surface area contributed by atoms with Crippen LogP contribution in [0, 0.1) is 24.7 Å². The first-order valence-corrected chi connectivity index (χ1v) is 7.80. The standard InChI is InChI=1S/C14H20N2O3S/c1-3-9-4-10(11(5-9)14(18)19)13(17)15-6-12-16-8(2)7-20-12/h7,9-11H,3-6H2,1-2H3,(H,15,17)(H,18,19). The van der Waals surface area contributed by atoms with Gasteiger partial charge in [0.05, 0.1) is 18.4 Å². The zero-order chi connectivity index (χ0) is 14.7. The first kappa shape index (κ1) is 15.0. The van der Waals surface area contributed by atoms with E-state index in [4.69, 9.17) is 0 Å². The fraction of sp³-hybridized carbons (Fsp3) is 0.643. The van der Waals surface area contributed by atoms with Crippen molar-refractivity contribution in [1.29, 1.82) is 0 Å². The molecule has 1 aliphatic rings. The minimum Gasteiger partial charge on any atom is -0.481 e. The summed E-state index contributed by atoms with van der Waals surface area (Å²) >= 11 is 1.50.